The molecule has 0 spiro atoms. The Labute approximate surface area is 163 Å². The minimum atomic E-state index is -0.227. The van der Waals surface area contributed by atoms with E-state index in [4.69, 9.17) is 16.7 Å². The highest BCUT2D eigenvalue weighted by atomic mass is 35.5. The van der Waals surface area contributed by atoms with Gasteiger partial charge in [0.25, 0.3) is 0 Å². The van der Waals surface area contributed by atoms with E-state index in [0.29, 0.717) is 10.7 Å². The van der Waals surface area contributed by atoms with Crippen LogP contribution in [0.25, 0.3) is 0 Å². The molecule has 2 amide bonds. The summed E-state index contributed by atoms with van der Waals surface area (Å²) in [6, 6.07) is 22.7. The van der Waals surface area contributed by atoms with Gasteiger partial charge >= 0.3 is 6.03 Å². The molecule has 1 heterocycles. The van der Waals surface area contributed by atoms with Gasteiger partial charge in [-0.3, -0.25) is 4.90 Å². The molecule has 0 aromatic heterocycles. The Kier molecular flexibility index (Phi) is 4.42. The number of aryl methyl sites for hydroxylation is 1. The maximum Gasteiger partial charge on any atom is 0.349 e. The number of hydrazone groups is 1. The molecule has 0 fully saturated rings. The third-order valence-electron chi connectivity index (χ3n) is 4.64. The van der Waals surface area contributed by atoms with Crippen LogP contribution in [0.15, 0.2) is 77.9 Å². The van der Waals surface area contributed by atoms with E-state index >= 15 is 0 Å². The first-order chi connectivity index (χ1) is 13.1. The van der Waals surface area contributed by atoms with Crippen molar-refractivity contribution in [3.8, 4) is 0 Å². The number of rotatable bonds is 2. The first kappa shape index (κ1) is 17.3. The molecule has 0 unspecified atom stereocenters. The van der Waals surface area contributed by atoms with Gasteiger partial charge in [-0.05, 0) is 42.8 Å². The molecule has 134 valence electrons. The van der Waals surface area contributed by atoms with Crippen molar-refractivity contribution >= 4 is 34.7 Å². The average Bonchev–Trinajstić information content (AvgIpc) is 2.80. The first-order valence-corrected chi connectivity index (χ1v) is 9.01. The van der Waals surface area contributed by atoms with Gasteiger partial charge in [-0.2, -0.15) is 10.1 Å². The lowest BCUT2D eigenvalue weighted by atomic mass is 9.96. The lowest BCUT2D eigenvalue weighted by Crippen LogP contribution is -2.37. The predicted molar refractivity (Wildman–Crippen MR) is 111 cm³/mol. The van der Waals surface area contributed by atoms with Crippen molar-refractivity contribution in [3.63, 3.8) is 0 Å². The van der Waals surface area contributed by atoms with Crippen LogP contribution in [0.3, 0.4) is 0 Å². The van der Waals surface area contributed by atoms with Gasteiger partial charge in [0, 0.05) is 23.2 Å². The molecule has 4 nitrogen and oxygen atoms in total. The fraction of sp³-hybridized carbons (Fsp3) is 0.0909. The highest BCUT2D eigenvalue weighted by molar-refractivity contribution is 6.30. The topological polar surface area (TPSA) is 35.9 Å². The van der Waals surface area contributed by atoms with E-state index in [0.717, 1.165) is 28.1 Å². The summed E-state index contributed by atoms with van der Waals surface area (Å²) in [6.07, 6.45) is 0. The number of nitrogens with zero attached hydrogens (tertiary/aromatic N) is 3. The lowest BCUT2D eigenvalue weighted by molar-refractivity contribution is 0.253. The van der Waals surface area contributed by atoms with Gasteiger partial charge in [0.15, 0.2) is 0 Å². The largest absolute Gasteiger partial charge is 0.349 e. The van der Waals surface area contributed by atoms with E-state index in [1.165, 1.54) is 5.01 Å². The Morgan fingerprint density at radius 1 is 0.889 bits per heavy atom. The number of fused-ring (bicyclic) bond motifs is 1. The van der Waals surface area contributed by atoms with Gasteiger partial charge < -0.3 is 0 Å². The molecule has 0 bridgehead atoms. The van der Waals surface area contributed by atoms with Crippen molar-refractivity contribution in [2.75, 3.05) is 17.0 Å². The monoisotopic (exact) mass is 375 g/mol. The minimum absolute atomic E-state index is 0.227. The standard InChI is InChI=1S/C22H18ClN3O/c1-15-7-6-10-19-20(15)21(16-8-4-3-5-9-16)24-26(22(27)25(19)2)18-13-11-17(23)12-14-18/h3-14H,1-2H3. The summed E-state index contributed by atoms with van der Waals surface area (Å²) in [4.78, 5) is 14.8. The van der Waals surface area contributed by atoms with Gasteiger partial charge in [0.05, 0.1) is 11.4 Å². The fourth-order valence-corrected chi connectivity index (χ4v) is 3.35. The Hall–Kier alpha value is -3.11. The number of hydrogen-bond acceptors (Lipinski definition) is 2. The second kappa shape index (κ2) is 6.89. The summed E-state index contributed by atoms with van der Waals surface area (Å²) in [5.41, 5.74) is 5.23. The minimum Gasteiger partial charge on any atom is -0.295 e. The quantitative estimate of drug-likeness (QED) is 0.584. The molecule has 0 aliphatic carbocycles. The van der Waals surface area contributed by atoms with Gasteiger partial charge in [0.2, 0.25) is 0 Å². The molecule has 3 aromatic rings. The molecule has 27 heavy (non-hydrogen) atoms. The molecule has 0 saturated heterocycles. The van der Waals surface area contributed by atoms with Gasteiger partial charge in [0.1, 0.15) is 5.71 Å². The van der Waals surface area contributed by atoms with Crippen molar-refractivity contribution in [2.24, 2.45) is 5.10 Å². The van der Waals surface area contributed by atoms with Gasteiger partial charge in [-0.15, -0.1) is 0 Å². The molecule has 0 saturated carbocycles. The van der Waals surface area contributed by atoms with Crippen LogP contribution in [-0.2, 0) is 0 Å². The van der Waals surface area contributed by atoms with Crippen molar-refractivity contribution in [1.29, 1.82) is 0 Å². The summed E-state index contributed by atoms with van der Waals surface area (Å²) in [6.45, 7) is 2.04. The van der Waals surface area contributed by atoms with Crippen LogP contribution in [0.5, 0.6) is 0 Å². The van der Waals surface area contributed by atoms with Crippen LogP contribution in [0.1, 0.15) is 16.7 Å². The summed E-state index contributed by atoms with van der Waals surface area (Å²) >= 11 is 6.02. The Morgan fingerprint density at radius 2 is 1.59 bits per heavy atom. The van der Waals surface area contributed by atoms with Crippen LogP contribution in [0.2, 0.25) is 5.02 Å². The third kappa shape index (κ3) is 3.09. The number of carbonyl (C=O) groups is 1. The Morgan fingerprint density at radius 3 is 2.30 bits per heavy atom. The number of benzene rings is 3. The molecule has 1 aliphatic heterocycles. The predicted octanol–water partition coefficient (Wildman–Crippen LogP) is 5.48. The third-order valence-corrected chi connectivity index (χ3v) is 4.89. The molecular formula is C22H18ClN3O. The van der Waals surface area contributed by atoms with Gasteiger partial charge in [-0.25, -0.2) is 4.79 Å². The van der Waals surface area contributed by atoms with E-state index < -0.39 is 0 Å². The van der Waals surface area contributed by atoms with Crippen molar-refractivity contribution < 1.29 is 4.79 Å². The average molecular weight is 376 g/mol. The molecule has 1 aliphatic rings. The highest BCUT2D eigenvalue weighted by Gasteiger charge is 2.29. The van der Waals surface area contributed by atoms with Crippen molar-refractivity contribution in [1.82, 2.24) is 0 Å². The summed E-state index contributed by atoms with van der Waals surface area (Å²) in [7, 11) is 1.77. The van der Waals surface area contributed by atoms with E-state index in [2.05, 4.69) is 0 Å². The summed E-state index contributed by atoms with van der Waals surface area (Å²) in [5.74, 6) is 0. The number of hydrogen-bond donors (Lipinski definition) is 0. The van der Waals surface area contributed by atoms with E-state index in [1.807, 2.05) is 55.5 Å². The molecule has 5 heteroatoms. The van der Waals surface area contributed by atoms with Crippen molar-refractivity contribution in [3.05, 3.63) is 94.5 Å². The second-order valence-electron chi connectivity index (χ2n) is 6.41. The number of urea groups is 1. The SMILES string of the molecule is Cc1cccc2c1C(c1ccccc1)=NN(c1ccc(Cl)cc1)C(=O)N2C. The maximum atomic E-state index is 13.2. The molecule has 0 radical (unpaired) electrons. The highest BCUT2D eigenvalue weighted by Crippen LogP contribution is 2.32. The molecule has 0 N–H and O–H groups in total. The normalized spacial score (nSPS) is 13.9. The summed E-state index contributed by atoms with van der Waals surface area (Å²) in [5, 5.41) is 6.84. The van der Waals surface area contributed by atoms with Crippen LogP contribution in [-0.4, -0.2) is 18.8 Å². The van der Waals surface area contributed by atoms with Gasteiger partial charge in [-0.1, -0.05) is 54.1 Å². The van der Waals surface area contributed by atoms with Crippen LogP contribution >= 0.6 is 11.6 Å². The zero-order valence-corrected chi connectivity index (χ0v) is 15.8. The van der Waals surface area contributed by atoms with E-state index in [-0.39, 0.29) is 6.03 Å². The molecule has 0 atom stereocenters. The van der Waals surface area contributed by atoms with Crippen LogP contribution in [0, 0.1) is 6.92 Å². The fourth-order valence-electron chi connectivity index (χ4n) is 3.23. The Balaban J connectivity index is 1.98. The molecular weight excluding hydrogens is 358 g/mol. The zero-order chi connectivity index (χ0) is 19.0. The zero-order valence-electron chi connectivity index (χ0n) is 15.1. The number of amides is 2. The maximum absolute atomic E-state index is 13.2. The number of halogens is 1. The van der Waals surface area contributed by atoms with Crippen LogP contribution in [0.4, 0.5) is 16.2 Å². The lowest BCUT2D eigenvalue weighted by Gasteiger charge is -2.23. The summed E-state index contributed by atoms with van der Waals surface area (Å²) < 4.78 is 0. The Bertz CT molecular complexity index is 1030. The molecule has 3 aromatic carbocycles. The smallest absolute Gasteiger partial charge is 0.295 e. The molecule has 4 rings (SSSR count). The first-order valence-electron chi connectivity index (χ1n) is 8.63. The van der Waals surface area contributed by atoms with E-state index in [1.54, 1.807) is 36.2 Å². The number of carbonyl (C=O) groups excluding carboxylic acids is 1. The van der Waals surface area contributed by atoms with Crippen LogP contribution < -0.4 is 9.91 Å². The van der Waals surface area contributed by atoms with E-state index in [9.17, 15) is 4.79 Å². The second-order valence-corrected chi connectivity index (χ2v) is 6.85. The van der Waals surface area contributed by atoms with Crippen molar-refractivity contribution in [2.45, 2.75) is 6.92 Å². The number of anilines is 2.